The number of amides is 2. The highest BCUT2D eigenvalue weighted by Crippen LogP contribution is 2.28. The fourth-order valence-electron chi connectivity index (χ4n) is 3.96. The van der Waals surface area contributed by atoms with Crippen molar-refractivity contribution in [3.8, 4) is 0 Å². The summed E-state index contributed by atoms with van der Waals surface area (Å²) >= 11 is 0. The third kappa shape index (κ3) is 3.68. The third-order valence-electron chi connectivity index (χ3n) is 5.53. The summed E-state index contributed by atoms with van der Waals surface area (Å²) in [6, 6.07) is 0. The number of aliphatic hydroxyl groups excluding tert-OH is 1. The van der Waals surface area contributed by atoms with Crippen LogP contribution in [-0.4, -0.2) is 67.7 Å². The number of carbonyl (C=O) groups excluding carboxylic acids is 2. The third-order valence-corrected chi connectivity index (χ3v) is 5.53. The van der Waals surface area contributed by atoms with Gasteiger partial charge in [-0.15, -0.1) is 10.2 Å². The minimum atomic E-state index is -0.131. The molecule has 0 saturated carbocycles. The second-order valence-corrected chi connectivity index (χ2v) is 7.10. The highest BCUT2D eigenvalue weighted by molar-refractivity contribution is 5.80. The number of aromatic nitrogens is 3. The van der Waals surface area contributed by atoms with Crippen LogP contribution >= 0.6 is 0 Å². The van der Waals surface area contributed by atoms with Gasteiger partial charge in [0.15, 0.2) is 5.82 Å². The lowest BCUT2D eigenvalue weighted by Crippen LogP contribution is -2.46. The zero-order valence-electron chi connectivity index (χ0n) is 15.0. The number of piperidine rings is 2. The van der Waals surface area contributed by atoms with Gasteiger partial charge in [-0.1, -0.05) is 0 Å². The van der Waals surface area contributed by atoms with E-state index >= 15 is 0 Å². The smallest absolute Gasteiger partial charge is 0.225 e. The normalized spacial score (nSPS) is 22.3. The van der Waals surface area contributed by atoms with E-state index in [0.717, 1.165) is 38.1 Å². The van der Waals surface area contributed by atoms with Crippen LogP contribution in [0.3, 0.4) is 0 Å². The number of aliphatic hydroxyl groups is 1. The van der Waals surface area contributed by atoms with E-state index in [0.29, 0.717) is 25.5 Å². The Bertz CT molecular complexity index is 636. The zero-order chi connectivity index (χ0) is 18.0. The molecule has 0 spiro atoms. The highest BCUT2D eigenvalue weighted by atomic mass is 16.3. The Hall–Kier alpha value is -1.96. The molecule has 2 saturated heterocycles. The molecule has 138 valence electrons. The Balaban J connectivity index is 1.62. The second kappa shape index (κ2) is 7.51. The summed E-state index contributed by atoms with van der Waals surface area (Å²) in [7, 11) is 1.86. The maximum absolute atomic E-state index is 12.9. The van der Waals surface area contributed by atoms with Crippen molar-refractivity contribution in [1.29, 1.82) is 0 Å². The molecule has 1 aromatic rings. The summed E-state index contributed by atoms with van der Waals surface area (Å²) in [6.07, 6.45) is 3.42. The maximum atomic E-state index is 12.9. The van der Waals surface area contributed by atoms with E-state index in [1.54, 1.807) is 6.92 Å². The molecule has 1 aromatic heterocycles. The quantitative estimate of drug-likeness (QED) is 0.846. The Labute approximate surface area is 147 Å². The van der Waals surface area contributed by atoms with Gasteiger partial charge >= 0.3 is 0 Å². The molecule has 0 radical (unpaired) electrons. The summed E-state index contributed by atoms with van der Waals surface area (Å²) in [4.78, 5) is 28.1. The summed E-state index contributed by atoms with van der Waals surface area (Å²) in [5.74, 6) is 1.86. The monoisotopic (exact) mass is 349 g/mol. The molecule has 0 aliphatic carbocycles. The summed E-state index contributed by atoms with van der Waals surface area (Å²) < 4.78 is 1.84. The zero-order valence-corrected chi connectivity index (χ0v) is 15.0. The van der Waals surface area contributed by atoms with Gasteiger partial charge < -0.3 is 19.5 Å². The number of carbonyl (C=O) groups is 2. The van der Waals surface area contributed by atoms with E-state index in [2.05, 4.69) is 10.2 Å². The minimum Gasteiger partial charge on any atom is -0.388 e. The molecule has 8 heteroatoms. The van der Waals surface area contributed by atoms with Crippen molar-refractivity contribution in [3.63, 3.8) is 0 Å². The summed E-state index contributed by atoms with van der Waals surface area (Å²) in [5, 5.41) is 17.5. The van der Waals surface area contributed by atoms with Crippen LogP contribution < -0.4 is 0 Å². The predicted octanol–water partition coefficient (Wildman–Crippen LogP) is 0.272. The van der Waals surface area contributed by atoms with Crippen LogP contribution in [0.2, 0.25) is 0 Å². The topological polar surface area (TPSA) is 91.6 Å². The van der Waals surface area contributed by atoms with Crippen LogP contribution in [0.25, 0.3) is 0 Å². The molecular formula is C17H27N5O3. The average Bonchev–Trinajstić information content (AvgIpc) is 3.02. The molecule has 0 bridgehead atoms. The first-order valence-corrected chi connectivity index (χ1v) is 9.04. The van der Waals surface area contributed by atoms with Crippen LogP contribution in [0.1, 0.15) is 50.2 Å². The van der Waals surface area contributed by atoms with Crippen molar-refractivity contribution in [2.45, 2.75) is 45.1 Å². The van der Waals surface area contributed by atoms with Crippen molar-refractivity contribution in [1.82, 2.24) is 24.6 Å². The van der Waals surface area contributed by atoms with Gasteiger partial charge in [-0.2, -0.15) is 0 Å². The molecular weight excluding hydrogens is 322 g/mol. The van der Waals surface area contributed by atoms with E-state index in [-0.39, 0.29) is 30.3 Å². The number of hydrogen-bond acceptors (Lipinski definition) is 5. The molecule has 2 aliphatic heterocycles. The van der Waals surface area contributed by atoms with Crippen molar-refractivity contribution in [2.75, 3.05) is 26.2 Å². The molecule has 3 rings (SSSR count). The minimum absolute atomic E-state index is 0.0156. The van der Waals surface area contributed by atoms with Gasteiger partial charge in [0.25, 0.3) is 0 Å². The first-order chi connectivity index (χ1) is 12.0. The highest BCUT2D eigenvalue weighted by Gasteiger charge is 2.33. The van der Waals surface area contributed by atoms with Crippen LogP contribution in [-0.2, 0) is 23.2 Å². The Morgan fingerprint density at radius 3 is 2.44 bits per heavy atom. The summed E-state index contributed by atoms with van der Waals surface area (Å²) in [6.45, 7) is 4.24. The van der Waals surface area contributed by atoms with E-state index in [4.69, 9.17) is 0 Å². The average molecular weight is 349 g/mol. The lowest BCUT2D eigenvalue weighted by Gasteiger charge is -2.37. The van der Waals surface area contributed by atoms with Gasteiger partial charge in [0, 0.05) is 52.0 Å². The van der Waals surface area contributed by atoms with E-state index in [9.17, 15) is 14.7 Å². The number of likely N-dealkylation sites (tertiary alicyclic amines) is 2. The molecule has 8 nitrogen and oxygen atoms in total. The maximum Gasteiger partial charge on any atom is 0.225 e. The van der Waals surface area contributed by atoms with Crippen molar-refractivity contribution in [3.05, 3.63) is 11.6 Å². The fraction of sp³-hybridized carbons (Fsp3) is 0.765. The van der Waals surface area contributed by atoms with Crippen molar-refractivity contribution < 1.29 is 14.7 Å². The van der Waals surface area contributed by atoms with Crippen molar-refractivity contribution >= 4 is 11.8 Å². The lowest BCUT2D eigenvalue weighted by molar-refractivity contribution is -0.141. The molecule has 2 aliphatic rings. The van der Waals surface area contributed by atoms with Gasteiger partial charge in [0.05, 0.1) is 0 Å². The van der Waals surface area contributed by atoms with Gasteiger partial charge in [-0.25, -0.2) is 0 Å². The lowest BCUT2D eigenvalue weighted by atomic mass is 9.92. The molecule has 1 N–H and O–H groups in total. The molecule has 3 heterocycles. The van der Waals surface area contributed by atoms with E-state index in [1.165, 1.54) is 0 Å². The first kappa shape index (κ1) is 17.8. The van der Waals surface area contributed by atoms with Gasteiger partial charge in [-0.3, -0.25) is 9.59 Å². The standard InChI is InChI=1S/C17H27N5O3/c1-12(24)21-8-5-13(6-9-21)17(25)22-7-3-4-14(10-22)16-19-18-15(11-23)20(16)2/h13-14,23H,3-11H2,1-2H3/t14-/m0/s1. The second-order valence-electron chi connectivity index (χ2n) is 7.10. The number of nitrogens with zero attached hydrogens (tertiary/aromatic N) is 5. The van der Waals surface area contributed by atoms with Crippen LogP contribution in [0.15, 0.2) is 0 Å². The molecule has 2 amide bonds. The first-order valence-electron chi connectivity index (χ1n) is 9.04. The molecule has 25 heavy (non-hydrogen) atoms. The SMILES string of the molecule is CC(=O)N1CCC(C(=O)N2CCC[C@H](c3nnc(CO)n3C)C2)CC1. The van der Waals surface area contributed by atoms with Gasteiger partial charge in [0.2, 0.25) is 11.8 Å². The Kier molecular flexibility index (Phi) is 5.36. The molecule has 0 unspecified atom stereocenters. The van der Waals surface area contributed by atoms with E-state index < -0.39 is 0 Å². The summed E-state index contributed by atoms with van der Waals surface area (Å²) in [5.41, 5.74) is 0. The number of hydrogen-bond donors (Lipinski definition) is 1. The van der Waals surface area contributed by atoms with Gasteiger partial charge in [0.1, 0.15) is 12.4 Å². The van der Waals surface area contributed by atoms with Crippen LogP contribution in [0.4, 0.5) is 0 Å². The van der Waals surface area contributed by atoms with Crippen molar-refractivity contribution in [2.24, 2.45) is 13.0 Å². The largest absolute Gasteiger partial charge is 0.388 e. The van der Waals surface area contributed by atoms with Gasteiger partial charge in [-0.05, 0) is 25.7 Å². The van der Waals surface area contributed by atoms with Crippen LogP contribution in [0, 0.1) is 5.92 Å². The number of rotatable bonds is 3. The Morgan fingerprint density at radius 1 is 1.12 bits per heavy atom. The van der Waals surface area contributed by atoms with Crippen LogP contribution in [0.5, 0.6) is 0 Å². The molecule has 0 aromatic carbocycles. The fourth-order valence-corrected chi connectivity index (χ4v) is 3.96. The Morgan fingerprint density at radius 2 is 1.84 bits per heavy atom. The molecule has 1 atom stereocenters. The molecule has 2 fully saturated rings. The predicted molar refractivity (Wildman–Crippen MR) is 90.5 cm³/mol. The van der Waals surface area contributed by atoms with E-state index in [1.807, 2.05) is 21.4 Å².